The van der Waals surface area contributed by atoms with Crippen molar-refractivity contribution in [2.45, 2.75) is 20.0 Å². The number of hydrogen-bond acceptors (Lipinski definition) is 1. The normalized spacial score (nSPS) is 10.6. The Morgan fingerprint density at radius 2 is 1.88 bits per heavy atom. The highest BCUT2D eigenvalue weighted by atomic mass is 79.9. The van der Waals surface area contributed by atoms with E-state index in [4.69, 9.17) is 0 Å². The van der Waals surface area contributed by atoms with Crippen LogP contribution in [0.5, 0.6) is 0 Å². The van der Waals surface area contributed by atoms with E-state index in [1.54, 1.807) is 9.13 Å². The fourth-order valence-corrected chi connectivity index (χ4v) is 2.03. The van der Waals surface area contributed by atoms with Gasteiger partial charge in [0.05, 0.1) is 6.54 Å². The van der Waals surface area contributed by atoms with E-state index >= 15 is 0 Å². The van der Waals surface area contributed by atoms with Gasteiger partial charge in [0.15, 0.2) is 0 Å². The summed E-state index contributed by atoms with van der Waals surface area (Å²) >= 11 is 3.48. The Hall–Kier alpha value is -1.29. The lowest BCUT2D eigenvalue weighted by molar-refractivity contribution is 0.667. The molecule has 0 atom stereocenters. The molecule has 0 bridgehead atoms. The van der Waals surface area contributed by atoms with Crippen LogP contribution in [0.1, 0.15) is 12.5 Å². The Kier molecular flexibility index (Phi) is 3.29. The van der Waals surface area contributed by atoms with Crippen molar-refractivity contribution in [2.24, 2.45) is 0 Å². The van der Waals surface area contributed by atoms with Gasteiger partial charge < -0.3 is 0 Å². The van der Waals surface area contributed by atoms with Gasteiger partial charge in [0.25, 0.3) is 0 Å². The number of benzene rings is 1. The number of nitrogens with zero attached hydrogens (tertiary/aromatic N) is 2. The minimum absolute atomic E-state index is 0.0400. The highest BCUT2D eigenvalue weighted by Gasteiger charge is 2.04. The monoisotopic (exact) mass is 280 g/mol. The summed E-state index contributed by atoms with van der Waals surface area (Å²) in [6.07, 6.45) is 3.64. The summed E-state index contributed by atoms with van der Waals surface area (Å²) in [4.78, 5) is 11.8. The zero-order chi connectivity index (χ0) is 11.5. The maximum atomic E-state index is 11.8. The highest BCUT2D eigenvalue weighted by Crippen LogP contribution is 2.16. The van der Waals surface area contributed by atoms with Crippen molar-refractivity contribution in [1.82, 2.24) is 9.13 Å². The van der Waals surface area contributed by atoms with Crippen LogP contribution in [-0.4, -0.2) is 9.13 Å². The van der Waals surface area contributed by atoms with E-state index in [-0.39, 0.29) is 5.69 Å². The lowest BCUT2D eigenvalue weighted by Gasteiger charge is -2.04. The molecule has 1 heterocycles. The molecule has 0 fully saturated rings. The van der Waals surface area contributed by atoms with Crippen molar-refractivity contribution in [3.8, 4) is 0 Å². The number of hydrogen-bond donors (Lipinski definition) is 0. The van der Waals surface area contributed by atoms with E-state index in [2.05, 4.69) is 15.9 Å². The first-order valence-electron chi connectivity index (χ1n) is 5.21. The second kappa shape index (κ2) is 4.70. The van der Waals surface area contributed by atoms with Crippen molar-refractivity contribution in [2.75, 3.05) is 0 Å². The molecule has 0 aliphatic carbocycles. The molecule has 16 heavy (non-hydrogen) atoms. The van der Waals surface area contributed by atoms with Crippen LogP contribution in [0.3, 0.4) is 0 Å². The topological polar surface area (TPSA) is 26.9 Å². The molecule has 84 valence electrons. The molecule has 2 aromatic rings. The average Bonchev–Trinajstić information content (AvgIpc) is 2.63. The Morgan fingerprint density at radius 1 is 1.19 bits per heavy atom. The van der Waals surface area contributed by atoms with Gasteiger partial charge >= 0.3 is 5.69 Å². The van der Waals surface area contributed by atoms with Crippen LogP contribution in [-0.2, 0) is 13.1 Å². The zero-order valence-corrected chi connectivity index (χ0v) is 10.6. The summed E-state index contributed by atoms with van der Waals surface area (Å²) in [5, 5.41) is 0. The first-order chi connectivity index (χ1) is 7.72. The van der Waals surface area contributed by atoms with Crippen molar-refractivity contribution in [3.05, 3.63) is 57.2 Å². The highest BCUT2D eigenvalue weighted by molar-refractivity contribution is 9.10. The minimum Gasteiger partial charge on any atom is -0.300 e. The fourth-order valence-electron chi connectivity index (χ4n) is 1.62. The van der Waals surface area contributed by atoms with E-state index < -0.39 is 0 Å². The standard InChI is InChI=1S/C12H13BrN2O/c1-2-14-7-8-15(12(14)16)9-10-5-3-4-6-11(10)13/h3-8H,2,9H2,1H3. The van der Waals surface area contributed by atoms with Crippen LogP contribution in [0.4, 0.5) is 0 Å². The smallest absolute Gasteiger partial charge is 0.300 e. The lowest BCUT2D eigenvalue weighted by atomic mass is 10.2. The number of aromatic nitrogens is 2. The summed E-state index contributed by atoms with van der Waals surface area (Å²) in [6.45, 7) is 3.28. The van der Waals surface area contributed by atoms with Gasteiger partial charge in [0.1, 0.15) is 0 Å². The summed E-state index contributed by atoms with van der Waals surface area (Å²) in [5.74, 6) is 0. The lowest BCUT2D eigenvalue weighted by Crippen LogP contribution is -2.23. The van der Waals surface area contributed by atoms with E-state index in [0.29, 0.717) is 13.1 Å². The van der Waals surface area contributed by atoms with Crippen LogP contribution < -0.4 is 5.69 Å². The summed E-state index contributed by atoms with van der Waals surface area (Å²) in [6, 6.07) is 7.94. The van der Waals surface area contributed by atoms with Gasteiger partial charge in [0, 0.05) is 23.4 Å². The summed E-state index contributed by atoms with van der Waals surface area (Å²) in [7, 11) is 0. The van der Waals surface area contributed by atoms with Crippen molar-refractivity contribution >= 4 is 15.9 Å². The Labute approximate surface area is 102 Å². The molecule has 1 aromatic carbocycles. The first-order valence-corrected chi connectivity index (χ1v) is 6.00. The zero-order valence-electron chi connectivity index (χ0n) is 9.06. The molecular weight excluding hydrogens is 268 g/mol. The number of aryl methyl sites for hydroxylation is 1. The molecule has 0 amide bonds. The minimum atomic E-state index is 0.0400. The molecule has 2 rings (SSSR count). The second-order valence-electron chi connectivity index (χ2n) is 3.59. The molecule has 3 nitrogen and oxygen atoms in total. The third-order valence-electron chi connectivity index (χ3n) is 2.56. The van der Waals surface area contributed by atoms with Crippen LogP contribution in [0.2, 0.25) is 0 Å². The molecule has 0 N–H and O–H groups in total. The van der Waals surface area contributed by atoms with Gasteiger partial charge in [-0.2, -0.15) is 0 Å². The molecule has 0 spiro atoms. The summed E-state index contributed by atoms with van der Waals surface area (Å²) < 4.78 is 4.44. The van der Waals surface area contributed by atoms with Gasteiger partial charge in [0.2, 0.25) is 0 Å². The van der Waals surface area contributed by atoms with Crippen LogP contribution in [0, 0.1) is 0 Å². The molecule has 1 aromatic heterocycles. The molecule has 4 heteroatoms. The quantitative estimate of drug-likeness (QED) is 0.849. The molecule has 0 radical (unpaired) electrons. The summed E-state index contributed by atoms with van der Waals surface area (Å²) in [5.41, 5.74) is 1.15. The molecule has 0 aliphatic rings. The van der Waals surface area contributed by atoms with E-state index in [0.717, 1.165) is 10.0 Å². The maximum absolute atomic E-state index is 11.8. The number of rotatable bonds is 3. The number of imidazole rings is 1. The van der Waals surface area contributed by atoms with Crippen molar-refractivity contribution in [1.29, 1.82) is 0 Å². The van der Waals surface area contributed by atoms with Crippen LogP contribution in [0.15, 0.2) is 45.9 Å². The van der Waals surface area contributed by atoms with Crippen molar-refractivity contribution in [3.63, 3.8) is 0 Å². The Bertz CT molecular complexity index is 542. The predicted octanol–water partition coefficient (Wildman–Crippen LogP) is 2.48. The van der Waals surface area contributed by atoms with Crippen molar-refractivity contribution < 1.29 is 0 Å². The number of halogens is 1. The van der Waals surface area contributed by atoms with Gasteiger partial charge in [-0.1, -0.05) is 34.1 Å². The van der Waals surface area contributed by atoms with Crippen LogP contribution in [0.25, 0.3) is 0 Å². The Balaban J connectivity index is 2.31. The van der Waals surface area contributed by atoms with Gasteiger partial charge in [-0.05, 0) is 18.6 Å². The average molecular weight is 281 g/mol. The first kappa shape index (κ1) is 11.2. The fraction of sp³-hybridized carbons (Fsp3) is 0.250. The molecule has 0 saturated heterocycles. The predicted molar refractivity (Wildman–Crippen MR) is 67.6 cm³/mol. The molecule has 0 aliphatic heterocycles. The van der Waals surface area contributed by atoms with E-state index in [1.165, 1.54) is 0 Å². The molecular formula is C12H13BrN2O. The van der Waals surface area contributed by atoms with Crippen LogP contribution >= 0.6 is 15.9 Å². The third kappa shape index (κ3) is 2.11. The SMILES string of the molecule is CCn1ccn(Cc2ccccc2Br)c1=O. The van der Waals surface area contributed by atoms with Gasteiger partial charge in [-0.15, -0.1) is 0 Å². The van der Waals surface area contributed by atoms with E-state index in [9.17, 15) is 4.79 Å². The molecule has 0 unspecified atom stereocenters. The third-order valence-corrected chi connectivity index (χ3v) is 3.33. The van der Waals surface area contributed by atoms with E-state index in [1.807, 2.05) is 43.6 Å². The second-order valence-corrected chi connectivity index (χ2v) is 4.44. The largest absolute Gasteiger partial charge is 0.328 e. The molecule has 0 saturated carbocycles. The Morgan fingerprint density at radius 3 is 2.50 bits per heavy atom. The van der Waals surface area contributed by atoms with Gasteiger partial charge in [-0.3, -0.25) is 9.13 Å². The van der Waals surface area contributed by atoms with Gasteiger partial charge in [-0.25, -0.2) is 4.79 Å². The maximum Gasteiger partial charge on any atom is 0.328 e.